The second kappa shape index (κ2) is 5.57. The van der Waals surface area contributed by atoms with E-state index in [0.717, 1.165) is 25.9 Å². The molecule has 0 amide bonds. The fraction of sp³-hybridized carbons (Fsp3) is 0.588. The van der Waals surface area contributed by atoms with Crippen molar-refractivity contribution in [1.29, 1.82) is 0 Å². The van der Waals surface area contributed by atoms with E-state index in [0.29, 0.717) is 13.0 Å². The minimum absolute atomic E-state index is 0.0353. The van der Waals surface area contributed by atoms with Gasteiger partial charge in [-0.3, -0.25) is 9.69 Å². The van der Waals surface area contributed by atoms with Crippen LogP contribution in [0.5, 0.6) is 0 Å². The lowest BCUT2D eigenvalue weighted by atomic mass is 9.89. The fourth-order valence-electron chi connectivity index (χ4n) is 3.81. The lowest BCUT2D eigenvalue weighted by Gasteiger charge is -2.38. The lowest BCUT2D eigenvalue weighted by molar-refractivity contribution is -0.146. The molecule has 1 aromatic carbocycles. The van der Waals surface area contributed by atoms with E-state index in [1.54, 1.807) is 0 Å². The number of fused-ring (bicyclic) bond motifs is 1. The molecule has 0 saturated carbocycles. The van der Waals surface area contributed by atoms with Crippen LogP contribution >= 0.6 is 0 Å². The Morgan fingerprint density at radius 3 is 2.35 bits per heavy atom. The number of carbonyl (C=O) groups excluding carboxylic acids is 1. The Balaban J connectivity index is 1.84. The van der Waals surface area contributed by atoms with Crippen LogP contribution in [0, 0.1) is 0 Å². The summed E-state index contributed by atoms with van der Waals surface area (Å²) in [6.45, 7) is 4.59. The molecule has 2 aliphatic rings. The summed E-state index contributed by atoms with van der Waals surface area (Å²) in [6, 6.07) is 8.61. The number of rotatable bonds is 4. The Morgan fingerprint density at radius 1 is 1.20 bits per heavy atom. The highest BCUT2D eigenvalue weighted by Crippen LogP contribution is 2.39. The predicted molar refractivity (Wildman–Crippen MR) is 78.6 cm³/mol. The molecule has 0 N–H and O–H groups in total. The van der Waals surface area contributed by atoms with E-state index in [1.807, 2.05) is 6.92 Å². The molecule has 108 valence electrons. The zero-order valence-corrected chi connectivity index (χ0v) is 12.2. The molecule has 1 aromatic rings. The Bertz CT molecular complexity index is 467. The summed E-state index contributed by atoms with van der Waals surface area (Å²) in [5, 5.41) is 0. The molecule has 0 aromatic heterocycles. The zero-order chi connectivity index (χ0) is 14.0. The average Bonchev–Trinajstić information content (AvgIpc) is 3.06. The van der Waals surface area contributed by atoms with Gasteiger partial charge in [-0.2, -0.15) is 0 Å². The van der Waals surface area contributed by atoms with Crippen LogP contribution in [0.1, 0.15) is 37.3 Å². The van der Waals surface area contributed by atoms with Crippen molar-refractivity contribution in [2.75, 3.05) is 19.7 Å². The lowest BCUT2D eigenvalue weighted by Crippen LogP contribution is -2.49. The van der Waals surface area contributed by atoms with Crippen LogP contribution < -0.4 is 0 Å². The van der Waals surface area contributed by atoms with Crippen molar-refractivity contribution in [1.82, 2.24) is 4.90 Å². The maximum absolute atomic E-state index is 12.1. The van der Waals surface area contributed by atoms with E-state index in [9.17, 15) is 4.79 Å². The summed E-state index contributed by atoms with van der Waals surface area (Å²) in [7, 11) is 0. The normalized spacial score (nSPS) is 20.9. The second-order valence-electron chi connectivity index (χ2n) is 6.02. The first-order valence-electron chi connectivity index (χ1n) is 7.71. The molecule has 1 aliphatic heterocycles. The second-order valence-corrected chi connectivity index (χ2v) is 6.02. The first-order valence-corrected chi connectivity index (χ1v) is 7.71. The molecule has 20 heavy (non-hydrogen) atoms. The number of hydrogen-bond acceptors (Lipinski definition) is 3. The van der Waals surface area contributed by atoms with Crippen LogP contribution in [0.4, 0.5) is 0 Å². The molecule has 0 radical (unpaired) electrons. The van der Waals surface area contributed by atoms with Gasteiger partial charge in [-0.15, -0.1) is 0 Å². The number of nitrogens with zero attached hydrogens (tertiary/aromatic N) is 1. The Hall–Kier alpha value is -1.35. The van der Waals surface area contributed by atoms with Crippen molar-refractivity contribution >= 4 is 5.97 Å². The highest BCUT2D eigenvalue weighted by Gasteiger charge is 2.44. The van der Waals surface area contributed by atoms with Crippen molar-refractivity contribution in [3.05, 3.63) is 35.4 Å². The van der Waals surface area contributed by atoms with Crippen LogP contribution in [0.3, 0.4) is 0 Å². The minimum atomic E-state index is -0.0489. The smallest absolute Gasteiger partial charge is 0.307 e. The molecular formula is C17H23NO2. The number of ether oxygens (including phenoxy) is 1. The number of hydrogen-bond donors (Lipinski definition) is 0. The maximum Gasteiger partial charge on any atom is 0.307 e. The molecule has 3 nitrogen and oxygen atoms in total. The number of carbonyl (C=O) groups is 1. The maximum atomic E-state index is 12.1. The Morgan fingerprint density at radius 2 is 1.80 bits per heavy atom. The van der Waals surface area contributed by atoms with E-state index < -0.39 is 0 Å². The summed E-state index contributed by atoms with van der Waals surface area (Å²) in [4.78, 5) is 14.6. The third kappa shape index (κ3) is 2.47. The van der Waals surface area contributed by atoms with Gasteiger partial charge in [0, 0.05) is 5.54 Å². The standard InChI is InChI=1S/C17H23NO2/c1-2-20-16(19)13-17(18-9-5-6-10-18)11-14-7-3-4-8-15(14)12-17/h3-4,7-8H,2,5-6,9-13H2,1H3. The predicted octanol–water partition coefficient (Wildman–Crippen LogP) is 2.57. The highest BCUT2D eigenvalue weighted by atomic mass is 16.5. The monoisotopic (exact) mass is 273 g/mol. The summed E-state index contributed by atoms with van der Waals surface area (Å²) in [6.07, 6.45) is 5.00. The first kappa shape index (κ1) is 13.6. The molecular weight excluding hydrogens is 250 g/mol. The SMILES string of the molecule is CCOC(=O)CC1(N2CCCC2)Cc2ccccc2C1. The zero-order valence-electron chi connectivity index (χ0n) is 12.2. The molecule has 1 aliphatic carbocycles. The van der Waals surface area contributed by atoms with Gasteiger partial charge in [-0.25, -0.2) is 0 Å². The Kier molecular flexibility index (Phi) is 3.79. The fourth-order valence-corrected chi connectivity index (χ4v) is 3.81. The molecule has 3 heteroatoms. The summed E-state index contributed by atoms with van der Waals surface area (Å²) >= 11 is 0. The number of likely N-dealkylation sites (tertiary alicyclic amines) is 1. The molecule has 1 fully saturated rings. The van der Waals surface area contributed by atoms with Crippen molar-refractivity contribution < 1.29 is 9.53 Å². The number of esters is 1. The van der Waals surface area contributed by atoms with Gasteiger partial charge < -0.3 is 4.74 Å². The van der Waals surface area contributed by atoms with Gasteiger partial charge >= 0.3 is 5.97 Å². The van der Waals surface area contributed by atoms with Gasteiger partial charge in [0.2, 0.25) is 0 Å². The van der Waals surface area contributed by atoms with Gasteiger partial charge in [0.05, 0.1) is 13.0 Å². The van der Waals surface area contributed by atoms with Crippen molar-refractivity contribution in [2.45, 2.75) is 44.6 Å². The molecule has 0 spiro atoms. The number of benzene rings is 1. The molecule has 3 rings (SSSR count). The van der Waals surface area contributed by atoms with E-state index in [4.69, 9.17) is 4.74 Å². The van der Waals surface area contributed by atoms with Gasteiger partial charge in [0.15, 0.2) is 0 Å². The topological polar surface area (TPSA) is 29.5 Å². The molecule has 0 bridgehead atoms. The summed E-state index contributed by atoms with van der Waals surface area (Å²) in [5.41, 5.74) is 2.78. The molecule has 1 saturated heterocycles. The van der Waals surface area contributed by atoms with E-state index >= 15 is 0 Å². The van der Waals surface area contributed by atoms with E-state index in [2.05, 4.69) is 29.2 Å². The van der Waals surface area contributed by atoms with Crippen molar-refractivity contribution in [2.24, 2.45) is 0 Å². The largest absolute Gasteiger partial charge is 0.466 e. The highest BCUT2D eigenvalue weighted by molar-refractivity contribution is 5.71. The summed E-state index contributed by atoms with van der Waals surface area (Å²) < 4.78 is 5.22. The van der Waals surface area contributed by atoms with E-state index in [1.165, 1.54) is 24.0 Å². The molecule has 0 unspecified atom stereocenters. The van der Waals surface area contributed by atoms with Gasteiger partial charge in [0.1, 0.15) is 0 Å². The van der Waals surface area contributed by atoms with Crippen molar-refractivity contribution in [3.63, 3.8) is 0 Å². The molecule has 0 atom stereocenters. The van der Waals surface area contributed by atoms with Gasteiger partial charge in [0.25, 0.3) is 0 Å². The van der Waals surface area contributed by atoms with Crippen LogP contribution in [0.2, 0.25) is 0 Å². The van der Waals surface area contributed by atoms with Crippen LogP contribution in [0.15, 0.2) is 24.3 Å². The average molecular weight is 273 g/mol. The van der Waals surface area contributed by atoms with Crippen LogP contribution in [0.25, 0.3) is 0 Å². The third-order valence-corrected chi connectivity index (χ3v) is 4.71. The third-order valence-electron chi connectivity index (χ3n) is 4.71. The van der Waals surface area contributed by atoms with Gasteiger partial charge in [-0.1, -0.05) is 24.3 Å². The van der Waals surface area contributed by atoms with Crippen LogP contribution in [-0.4, -0.2) is 36.1 Å². The minimum Gasteiger partial charge on any atom is -0.466 e. The van der Waals surface area contributed by atoms with Gasteiger partial charge in [-0.05, 0) is 56.8 Å². The Labute approximate surface area is 120 Å². The quantitative estimate of drug-likeness (QED) is 0.790. The first-order chi connectivity index (χ1) is 9.73. The molecule has 1 heterocycles. The van der Waals surface area contributed by atoms with Crippen molar-refractivity contribution in [3.8, 4) is 0 Å². The van der Waals surface area contributed by atoms with Crippen LogP contribution in [-0.2, 0) is 22.4 Å². The van der Waals surface area contributed by atoms with E-state index in [-0.39, 0.29) is 11.5 Å². The summed E-state index contributed by atoms with van der Waals surface area (Å²) in [5.74, 6) is -0.0489.